The highest BCUT2D eigenvalue weighted by molar-refractivity contribution is 7.46. The largest absolute Gasteiger partial charge is 0.491 e. The molecule has 2 aliphatic rings. The number of nitrogens with zero attached hydrogens (tertiary/aromatic N) is 8. The Balaban J connectivity index is 0.914. The van der Waals surface area contributed by atoms with Crippen LogP contribution in [0.1, 0.15) is 26.3 Å². The molecule has 4 heterocycles. The molecule has 0 aliphatic carbocycles. The van der Waals surface area contributed by atoms with Crippen LogP contribution in [-0.2, 0) is 37.4 Å². The first-order valence-electron chi connectivity index (χ1n) is 18.0. The van der Waals surface area contributed by atoms with Crippen molar-refractivity contribution in [1.29, 1.82) is 0 Å². The second-order valence-electron chi connectivity index (χ2n) is 14.7. The lowest BCUT2D eigenvalue weighted by Crippen LogP contribution is -2.46. The Morgan fingerprint density at radius 2 is 1.57 bits per heavy atom. The van der Waals surface area contributed by atoms with Gasteiger partial charge in [-0.2, -0.15) is 10.2 Å². The number of halogens is 2. The van der Waals surface area contributed by atoms with E-state index in [1.807, 2.05) is 48.5 Å². The number of phosphoric acid groups is 1. The SMILES string of the molecule is CC(C)(C)C(Cn1ncn(-c2ccc(N3CCN(c4ccc(OC[C@H]5CO[C@](Cn6cncn6)(c6ccc(F)cc6F)O5)cc4)CC3)cc2)c1=O)OP(=O)(O)O. The van der Waals surface area contributed by atoms with Crippen LogP contribution in [0.2, 0.25) is 0 Å². The first-order chi connectivity index (χ1) is 26.7. The van der Waals surface area contributed by atoms with Crippen LogP contribution in [0.5, 0.6) is 5.75 Å². The van der Waals surface area contributed by atoms with Crippen LogP contribution in [0.15, 0.2) is 90.5 Å². The van der Waals surface area contributed by atoms with Crippen LogP contribution in [0.25, 0.3) is 5.69 Å². The van der Waals surface area contributed by atoms with E-state index in [1.165, 1.54) is 34.3 Å². The minimum Gasteiger partial charge on any atom is -0.491 e. The van der Waals surface area contributed by atoms with E-state index in [9.17, 15) is 27.9 Å². The molecule has 7 rings (SSSR count). The molecule has 3 atom stereocenters. The van der Waals surface area contributed by atoms with E-state index in [1.54, 1.807) is 20.8 Å². The topological polar surface area (TPSA) is 171 Å². The maximum Gasteiger partial charge on any atom is 0.469 e. The van der Waals surface area contributed by atoms with E-state index in [2.05, 4.69) is 25.0 Å². The van der Waals surface area contributed by atoms with Gasteiger partial charge in [-0.3, -0.25) is 4.52 Å². The second kappa shape index (κ2) is 15.9. The molecule has 2 fully saturated rings. The minimum atomic E-state index is -4.78. The van der Waals surface area contributed by atoms with Gasteiger partial charge in [-0.15, -0.1) is 0 Å². The van der Waals surface area contributed by atoms with Crippen LogP contribution in [0.3, 0.4) is 0 Å². The number of benzene rings is 3. The van der Waals surface area contributed by atoms with Crippen molar-refractivity contribution < 1.29 is 41.9 Å². The lowest BCUT2D eigenvalue weighted by Gasteiger charge is -2.37. The molecule has 0 amide bonds. The molecule has 0 bridgehead atoms. The van der Waals surface area contributed by atoms with E-state index in [4.69, 9.17) is 18.7 Å². The van der Waals surface area contributed by atoms with Gasteiger partial charge in [-0.1, -0.05) is 20.8 Å². The normalized spacial score (nSPS) is 19.7. The first-order valence-corrected chi connectivity index (χ1v) is 19.5. The molecule has 0 spiro atoms. The van der Waals surface area contributed by atoms with Crippen molar-refractivity contribution in [3.8, 4) is 11.4 Å². The average Bonchev–Trinajstić information content (AvgIpc) is 3.91. The van der Waals surface area contributed by atoms with Gasteiger partial charge in [0, 0.05) is 49.2 Å². The summed E-state index contributed by atoms with van der Waals surface area (Å²) >= 11 is 0. The summed E-state index contributed by atoms with van der Waals surface area (Å²) in [7, 11) is -4.78. The van der Waals surface area contributed by atoms with Gasteiger partial charge < -0.3 is 33.8 Å². The zero-order valence-electron chi connectivity index (χ0n) is 31.0. The molecule has 2 aromatic heterocycles. The molecule has 0 radical (unpaired) electrons. The van der Waals surface area contributed by atoms with Crippen LogP contribution < -0.4 is 20.2 Å². The number of rotatable bonds is 13. The quantitative estimate of drug-likeness (QED) is 0.164. The highest BCUT2D eigenvalue weighted by atomic mass is 31.2. The van der Waals surface area contributed by atoms with Crippen molar-refractivity contribution in [1.82, 2.24) is 29.1 Å². The summed E-state index contributed by atoms with van der Waals surface area (Å²) in [5, 5.41) is 8.26. The number of hydrogen-bond acceptors (Lipinski definition) is 11. The molecule has 16 nitrogen and oxygen atoms in total. The van der Waals surface area contributed by atoms with Crippen molar-refractivity contribution in [2.45, 2.75) is 51.9 Å². The van der Waals surface area contributed by atoms with Gasteiger partial charge in [0.15, 0.2) is 0 Å². The Kier molecular flexibility index (Phi) is 11.1. The Bertz CT molecular complexity index is 2200. The smallest absolute Gasteiger partial charge is 0.469 e. The third kappa shape index (κ3) is 9.01. The van der Waals surface area contributed by atoms with E-state index >= 15 is 0 Å². The predicted molar refractivity (Wildman–Crippen MR) is 199 cm³/mol. The van der Waals surface area contributed by atoms with E-state index in [0.29, 0.717) is 11.4 Å². The van der Waals surface area contributed by atoms with Gasteiger partial charge in [0.25, 0.3) is 0 Å². The molecule has 298 valence electrons. The standard InChI is InChI=1S/C37H43F2N8O8P/c1-36(2,3)34(55-56(49,50)51)19-47-35(48)46(25-42-47)29-7-5-27(6-8-29)43-14-16-44(17-15-43)28-9-11-30(12-10-28)52-20-31-21-53-37(54-31,22-45-24-40-23-41-45)32-13-4-26(38)18-33(32)39/h4-13,18,23-25,31,34H,14-17,19-22H2,1-3H3,(H2,49,50,51)/t31-,34?,37-/m0/s1. The Labute approximate surface area is 321 Å². The lowest BCUT2D eigenvalue weighted by atomic mass is 9.89. The molecule has 3 aromatic carbocycles. The number of phosphoric ester groups is 1. The molecule has 2 aliphatic heterocycles. The Morgan fingerprint density at radius 3 is 2.16 bits per heavy atom. The molecule has 1 unspecified atom stereocenters. The number of hydrogen-bond donors (Lipinski definition) is 2. The summed E-state index contributed by atoms with van der Waals surface area (Å²) < 4.78 is 67.4. The number of ether oxygens (including phenoxy) is 3. The lowest BCUT2D eigenvalue weighted by molar-refractivity contribution is -0.192. The third-order valence-corrected chi connectivity index (χ3v) is 10.3. The zero-order chi connectivity index (χ0) is 39.7. The van der Waals surface area contributed by atoms with Crippen LogP contribution in [0.4, 0.5) is 20.2 Å². The first kappa shape index (κ1) is 39.3. The summed E-state index contributed by atoms with van der Waals surface area (Å²) in [4.78, 5) is 40.4. The van der Waals surface area contributed by atoms with E-state index < -0.39 is 48.6 Å². The average molecular weight is 797 g/mol. The maximum atomic E-state index is 14.9. The van der Waals surface area contributed by atoms with E-state index in [-0.39, 0.29) is 31.9 Å². The second-order valence-corrected chi connectivity index (χ2v) is 15.9. The fourth-order valence-electron chi connectivity index (χ4n) is 6.70. The van der Waals surface area contributed by atoms with Gasteiger partial charge >= 0.3 is 13.5 Å². The molecule has 0 saturated carbocycles. The highest BCUT2D eigenvalue weighted by Crippen LogP contribution is 2.42. The molecule has 2 saturated heterocycles. The summed E-state index contributed by atoms with van der Waals surface area (Å²) in [5.74, 6) is -2.40. The molecule has 5 aromatic rings. The van der Waals surface area contributed by atoms with Crippen molar-refractivity contribution in [3.63, 3.8) is 0 Å². The Morgan fingerprint density at radius 1 is 0.929 bits per heavy atom. The van der Waals surface area contributed by atoms with Crippen LogP contribution >= 0.6 is 7.82 Å². The summed E-state index contributed by atoms with van der Waals surface area (Å²) in [6.45, 7) is 8.55. The molecule has 2 N–H and O–H groups in total. The molecule has 19 heteroatoms. The molecule has 56 heavy (non-hydrogen) atoms. The van der Waals surface area contributed by atoms with Crippen molar-refractivity contribution in [3.05, 3.63) is 113 Å². The minimum absolute atomic E-state index is 0.00936. The van der Waals surface area contributed by atoms with E-state index in [0.717, 1.165) is 54.4 Å². The zero-order valence-corrected chi connectivity index (χ0v) is 31.9. The molecular weight excluding hydrogens is 753 g/mol. The summed E-state index contributed by atoms with van der Waals surface area (Å²) in [6.07, 6.45) is 2.71. The third-order valence-electron chi connectivity index (χ3n) is 9.75. The summed E-state index contributed by atoms with van der Waals surface area (Å²) in [5.41, 5.74) is 1.60. The van der Waals surface area contributed by atoms with Crippen LogP contribution in [0, 0.1) is 17.0 Å². The van der Waals surface area contributed by atoms with Gasteiger partial charge in [-0.05, 0) is 66.1 Å². The maximum absolute atomic E-state index is 14.9. The van der Waals surface area contributed by atoms with Gasteiger partial charge in [0.2, 0.25) is 5.79 Å². The Hall–Kier alpha value is -4.97. The monoisotopic (exact) mass is 796 g/mol. The number of anilines is 2. The van der Waals surface area contributed by atoms with Crippen LogP contribution in [-0.4, -0.2) is 90.5 Å². The van der Waals surface area contributed by atoms with Crippen molar-refractivity contribution in [2.75, 3.05) is 49.2 Å². The molecular formula is C37H43F2N8O8P. The fourth-order valence-corrected chi connectivity index (χ4v) is 7.41. The number of aromatic nitrogens is 6. The van der Waals surface area contributed by atoms with Crippen molar-refractivity contribution >= 4 is 19.2 Å². The van der Waals surface area contributed by atoms with Crippen molar-refractivity contribution in [2.24, 2.45) is 5.41 Å². The summed E-state index contributed by atoms with van der Waals surface area (Å²) in [6, 6.07) is 18.6. The predicted octanol–water partition coefficient (Wildman–Crippen LogP) is 4.10. The van der Waals surface area contributed by atoms with Gasteiger partial charge in [0.05, 0.1) is 24.9 Å². The van der Waals surface area contributed by atoms with Gasteiger partial charge in [-0.25, -0.2) is 37.1 Å². The fraction of sp³-hybridized carbons (Fsp3) is 0.405. The van der Waals surface area contributed by atoms with Gasteiger partial charge in [0.1, 0.15) is 55.6 Å². The number of piperazine rings is 1. The highest BCUT2D eigenvalue weighted by Gasteiger charge is 2.46.